The summed E-state index contributed by atoms with van der Waals surface area (Å²) in [6.45, 7) is 5.33. The zero-order valence-corrected chi connectivity index (χ0v) is 20.8. The number of carbonyl (C=O) groups excluding carboxylic acids is 1. The monoisotopic (exact) mass is 477 g/mol. The molecule has 2 aromatic carbocycles. The van der Waals surface area contributed by atoms with Gasteiger partial charge in [-0.15, -0.1) is 11.8 Å². The molecule has 1 heterocycles. The van der Waals surface area contributed by atoms with E-state index >= 15 is 0 Å². The first-order valence-corrected chi connectivity index (χ1v) is 13.5. The molecule has 0 saturated carbocycles. The average molecular weight is 478 g/mol. The fourth-order valence-electron chi connectivity index (χ4n) is 3.04. The van der Waals surface area contributed by atoms with Crippen LogP contribution in [0.1, 0.15) is 24.2 Å². The maximum Gasteiger partial charge on any atom is 0.260 e. The van der Waals surface area contributed by atoms with Crippen molar-refractivity contribution in [1.82, 2.24) is 9.88 Å². The molecule has 3 rings (SSSR count). The summed E-state index contributed by atoms with van der Waals surface area (Å²) < 4.78 is 25.1. The molecule has 6 nitrogen and oxygen atoms in total. The van der Waals surface area contributed by atoms with Crippen molar-refractivity contribution in [2.45, 2.75) is 28.9 Å². The lowest BCUT2D eigenvalue weighted by atomic mass is 10.2. The molecule has 31 heavy (non-hydrogen) atoms. The first-order valence-electron chi connectivity index (χ1n) is 9.89. The average Bonchev–Trinajstić information content (AvgIpc) is 3.10. The molecule has 1 aromatic heterocycles. The fraction of sp³-hybridized carbons (Fsp3) is 0.364. The second-order valence-electron chi connectivity index (χ2n) is 7.83. The molecule has 9 heteroatoms. The van der Waals surface area contributed by atoms with E-state index in [9.17, 15) is 13.2 Å². The van der Waals surface area contributed by atoms with Crippen LogP contribution in [0.3, 0.4) is 0 Å². The Morgan fingerprint density at radius 3 is 2.48 bits per heavy atom. The number of hydrogen-bond acceptors (Lipinski definition) is 7. The molecule has 0 atom stereocenters. The lowest BCUT2D eigenvalue weighted by molar-refractivity contribution is 0.0985. The molecular formula is C22H27N3O3S3. The fourth-order valence-corrected chi connectivity index (χ4v) is 5.85. The summed E-state index contributed by atoms with van der Waals surface area (Å²) in [6.07, 6.45) is 1.17. The van der Waals surface area contributed by atoms with Gasteiger partial charge in [-0.2, -0.15) is 0 Å². The van der Waals surface area contributed by atoms with Crippen LogP contribution >= 0.6 is 23.1 Å². The molecule has 0 N–H and O–H groups in total. The first-order chi connectivity index (χ1) is 14.6. The highest BCUT2D eigenvalue weighted by Gasteiger charge is 2.24. The first kappa shape index (κ1) is 23.7. The van der Waals surface area contributed by atoms with Crippen LogP contribution in [0.25, 0.3) is 10.2 Å². The van der Waals surface area contributed by atoms with Crippen LogP contribution in [0.2, 0.25) is 0 Å². The van der Waals surface area contributed by atoms with Crippen molar-refractivity contribution in [3.63, 3.8) is 0 Å². The second kappa shape index (κ2) is 9.68. The Kier molecular flexibility index (Phi) is 7.41. The van der Waals surface area contributed by atoms with Crippen LogP contribution in [0, 0.1) is 0 Å². The summed E-state index contributed by atoms with van der Waals surface area (Å²) >= 11 is 3.04. The Morgan fingerprint density at radius 2 is 1.84 bits per heavy atom. The van der Waals surface area contributed by atoms with Crippen LogP contribution in [-0.2, 0) is 9.84 Å². The summed E-state index contributed by atoms with van der Waals surface area (Å²) in [6, 6.07) is 12.7. The van der Waals surface area contributed by atoms with Gasteiger partial charge in [-0.25, -0.2) is 13.4 Å². The van der Waals surface area contributed by atoms with Gasteiger partial charge >= 0.3 is 0 Å². The summed E-state index contributed by atoms with van der Waals surface area (Å²) in [4.78, 5) is 23.0. The van der Waals surface area contributed by atoms with Crippen LogP contribution < -0.4 is 4.90 Å². The molecule has 0 saturated heterocycles. The Labute approximate surface area is 192 Å². The quantitative estimate of drug-likeness (QED) is 0.448. The summed E-state index contributed by atoms with van der Waals surface area (Å²) in [5.74, 6) is -0.145. The van der Waals surface area contributed by atoms with E-state index in [1.54, 1.807) is 28.8 Å². The third-order valence-corrected chi connectivity index (χ3v) is 7.64. The lowest BCUT2D eigenvalue weighted by Gasteiger charge is -2.22. The number of aromatic nitrogens is 1. The number of thiazole rings is 1. The van der Waals surface area contributed by atoms with E-state index in [1.807, 2.05) is 49.3 Å². The minimum Gasteiger partial charge on any atom is -0.308 e. The number of benzene rings is 2. The van der Waals surface area contributed by atoms with E-state index in [-0.39, 0.29) is 10.8 Å². The van der Waals surface area contributed by atoms with Gasteiger partial charge < -0.3 is 4.90 Å². The third-order valence-electron chi connectivity index (χ3n) is 4.47. The molecule has 0 radical (unpaired) electrons. The highest BCUT2D eigenvalue weighted by molar-refractivity contribution is 7.99. The zero-order chi connectivity index (χ0) is 22.8. The summed E-state index contributed by atoms with van der Waals surface area (Å²) in [5, 5.41) is 0.911. The zero-order valence-electron chi connectivity index (χ0n) is 18.3. The summed E-state index contributed by atoms with van der Waals surface area (Å²) in [5.41, 5.74) is 1.00. The van der Waals surface area contributed by atoms with Crippen molar-refractivity contribution < 1.29 is 13.2 Å². The predicted octanol–water partition coefficient (Wildman–Crippen LogP) is 4.41. The number of carbonyl (C=O) groups is 1. The van der Waals surface area contributed by atoms with Gasteiger partial charge in [0.2, 0.25) is 0 Å². The van der Waals surface area contributed by atoms with Crippen molar-refractivity contribution in [1.29, 1.82) is 0 Å². The largest absolute Gasteiger partial charge is 0.308 e. The smallest absolute Gasteiger partial charge is 0.260 e. The van der Waals surface area contributed by atoms with E-state index in [4.69, 9.17) is 0 Å². The lowest BCUT2D eigenvalue weighted by Crippen LogP contribution is -2.36. The number of anilines is 1. The Morgan fingerprint density at radius 1 is 1.13 bits per heavy atom. The van der Waals surface area contributed by atoms with Gasteiger partial charge in [0.25, 0.3) is 5.91 Å². The molecular weight excluding hydrogens is 450 g/mol. The van der Waals surface area contributed by atoms with Gasteiger partial charge in [-0.3, -0.25) is 9.69 Å². The Bertz CT molecular complexity index is 1190. The van der Waals surface area contributed by atoms with E-state index < -0.39 is 9.84 Å². The number of amides is 1. The van der Waals surface area contributed by atoms with Crippen molar-refractivity contribution in [3.8, 4) is 0 Å². The number of nitrogens with zero attached hydrogens (tertiary/aromatic N) is 3. The van der Waals surface area contributed by atoms with Gasteiger partial charge in [-0.05, 0) is 44.4 Å². The standard InChI is InChI=1S/C22H27N3O3S3/c1-15(2)29-17-9-6-8-16(14-17)21(26)25(13-12-24(3)4)22-23-20-18(30-22)10-7-11-19(20)31(5,27)28/h6-11,14-15H,12-13H2,1-5H3. The highest BCUT2D eigenvalue weighted by atomic mass is 32.2. The highest BCUT2D eigenvalue weighted by Crippen LogP contribution is 2.33. The van der Waals surface area contributed by atoms with Crippen molar-refractivity contribution in [2.24, 2.45) is 0 Å². The second-order valence-corrected chi connectivity index (χ2v) is 12.5. The molecule has 3 aromatic rings. The number of rotatable bonds is 8. The van der Waals surface area contributed by atoms with E-state index in [1.165, 1.54) is 17.6 Å². The number of hydrogen-bond donors (Lipinski definition) is 0. The number of para-hydroxylation sites is 1. The van der Waals surface area contributed by atoms with Gasteiger partial charge in [0.05, 0.1) is 9.60 Å². The topological polar surface area (TPSA) is 70.6 Å². The summed E-state index contributed by atoms with van der Waals surface area (Å²) in [7, 11) is 0.467. The van der Waals surface area contributed by atoms with E-state index in [2.05, 4.69) is 18.8 Å². The Balaban J connectivity index is 2.05. The number of fused-ring (bicyclic) bond motifs is 1. The molecule has 0 spiro atoms. The molecule has 0 fully saturated rings. The SMILES string of the molecule is CC(C)Sc1cccc(C(=O)N(CCN(C)C)c2nc3c(S(C)(=O)=O)cccc3s2)c1. The maximum absolute atomic E-state index is 13.5. The van der Waals surface area contributed by atoms with Gasteiger partial charge in [0, 0.05) is 35.1 Å². The molecule has 1 amide bonds. The Hall–Kier alpha value is -1.94. The van der Waals surface area contributed by atoms with Crippen LogP contribution in [-0.4, -0.2) is 62.9 Å². The molecule has 166 valence electrons. The van der Waals surface area contributed by atoms with E-state index in [0.717, 1.165) is 9.60 Å². The van der Waals surface area contributed by atoms with Crippen molar-refractivity contribution in [3.05, 3.63) is 48.0 Å². The van der Waals surface area contributed by atoms with E-state index in [0.29, 0.717) is 34.6 Å². The molecule has 0 aliphatic carbocycles. The van der Waals surface area contributed by atoms with Gasteiger partial charge in [0.15, 0.2) is 15.0 Å². The normalized spacial score (nSPS) is 12.1. The van der Waals surface area contributed by atoms with Crippen molar-refractivity contribution in [2.75, 3.05) is 38.3 Å². The molecule has 0 bridgehead atoms. The van der Waals surface area contributed by atoms with Crippen molar-refractivity contribution >= 4 is 54.2 Å². The van der Waals surface area contributed by atoms with Gasteiger partial charge in [-0.1, -0.05) is 37.3 Å². The van der Waals surface area contributed by atoms with Crippen LogP contribution in [0.15, 0.2) is 52.3 Å². The van der Waals surface area contributed by atoms with Crippen LogP contribution in [0.4, 0.5) is 5.13 Å². The maximum atomic E-state index is 13.5. The molecule has 0 unspecified atom stereocenters. The predicted molar refractivity (Wildman–Crippen MR) is 130 cm³/mol. The van der Waals surface area contributed by atoms with Gasteiger partial charge in [0.1, 0.15) is 5.52 Å². The van der Waals surface area contributed by atoms with Crippen LogP contribution in [0.5, 0.6) is 0 Å². The minimum absolute atomic E-state index is 0.145. The number of likely N-dealkylation sites (N-methyl/N-ethyl adjacent to an activating group) is 1. The molecule has 0 aliphatic heterocycles. The molecule has 0 aliphatic rings. The number of thioether (sulfide) groups is 1. The third kappa shape index (κ3) is 5.85. The minimum atomic E-state index is -3.43. The number of sulfone groups is 1.